The quantitative estimate of drug-likeness (QED) is 0.846. The number of rotatable bonds is 4. The molecule has 146 valence electrons. The van der Waals surface area contributed by atoms with Gasteiger partial charge in [-0.2, -0.15) is 4.31 Å². The summed E-state index contributed by atoms with van der Waals surface area (Å²) in [4.78, 5) is 0.433. The van der Waals surface area contributed by atoms with Gasteiger partial charge in [-0.25, -0.2) is 8.42 Å². The summed E-state index contributed by atoms with van der Waals surface area (Å²) in [5, 5.41) is 0. The number of halogens is 1. The van der Waals surface area contributed by atoms with Crippen molar-refractivity contribution in [3.63, 3.8) is 0 Å². The number of aryl methyl sites for hydroxylation is 2. The Morgan fingerprint density at radius 2 is 1.67 bits per heavy atom. The van der Waals surface area contributed by atoms with Crippen molar-refractivity contribution in [2.75, 3.05) is 19.6 Å². The summed E-state index contributed by atoms with van der Waals surface area (Å²) < 4.78 is 28.1. The summed E-state index contributed by atoms with van der Waals surface area (Å²) in [5.74, 6) is 0.318. The molecule has 2 aliphatic rings. The predicted octanol–water partition coefficient (Wildman–Crippen LogP) is 3.35. The van der Waals surface area contributed by atoms with Crippen LogP contribution in [0.3, 0.4) is 0 Å². The van der Waals surface area contributed by atoms with Gasteiger partial charge in [0.2, 0.25) is 10.0 Å². The third kappa shape index (κ3) is 3.92. The lowest BCUT2D eigenvalue weighted by Gasteiger charge is -2.20. The van der Waals surface area contributed by atoms with E-state index in [1.807, 2.05) is 30.3 Å². The van der Waals surface area contributed by atoms with E-state index in [1.54, 1.807) is 10.4 Å². The highest BCUT2D eigenvalue weighted by molar-refractivity contribution is 7.89. The topological polar surface area (TPSA) is 63.4 Å². The van der Waals surface area contributed by atoms with E-state index in [-0.39, 0.29) is 24.2 Å². The normalized spacial score (nSPS) is 22.9. The van der Waals surface area contributed by atoms with Crippen molar-refractivity contribution in [1.29, 1.82) is 0 Å². The summed E-state index contributed by atoms with van der Waals surface area (Å²) in [6.07, 6.45) is 4.38. The van der Waals surface area contributed by atoms with E-state index >= 15 is 0 Å². The van der Waals surface area contributed by atoms with Gasteiger partial charge in [-0.15, -0.1) is 12.4 Å². The first-order chi connectivity index (χ1) is 12.6. The fraction of sp³-hybridized carbons (Fsp3) is 0.429. The Bertz CT molecular complexity index is 886. The molecular formula is C21H27ClN2O2S. The molecule has 1 fully saturated rings. The van der Waals surface area contributed by atoms with Crippen LogP contribution in [0.4, 0.5) is 0 Å². The molecule has 2 aromatic rings. The smallest absolute Gasteiger partial charge is 0.243 e. The zero-order chi connectivity index (χ0) is 18.1. The number of hydrogen-bond acceptors (Lipinski definition) is 3. The van der Waals surface area contributed by atoms with Gasteiger partial charge in [0.05, 0.1) is 4.90 Å². The van der Waals surface area contributed by atoms with Gasteiger partial charge in [0.1, 0.15) is 0 Å². The molecule has 0 saturated carbocycles. The van der Waals surface area contributed by atoms with Gasteiger partial charge in [-0.3, -0.25) is 0 Å². The zero-order valence-corrected chi connectivity index (χ0v) is 17.0. The lowest BCUT2D eigenvalue weighted by molar-refractivity contribution is 0.458. The average molecular weight is 407 g/mol. The maximum atomic E-state index is 13.2. The van der Waals surface area contributed by atoms with E-state index in [0.29, 0.717) is 24.5 Å². The van der Waals surface area contributed by atoms with Crippen LogP contribution < -0.4 is 5.73 Å². The molecule has 2 N–H and O–H groups in total. The van der Waals surface area contributed by atoms with Crippen molar-refractivity contribution in [1.82, 2.24) is 4.31 Å². The predicted molar refractivity (Wildman–Crippen MR) is 111 cm³/mol. The number of sulfonamides is 1. The highest BCUT2D eigenvalue weighted by atomic mass is 35.5. The first-order valence-electron chi connectivity index (χ1n) is 9.46. The molecule has 1 saturated heterocycles. The van der Waals surface area contributed by atoms with E-state index in [1.165, 1.54) is 23.1 Å². The molecule has 6 heteroatoms. The van der Waals surface area contributed by atoms with Gasteiger partial charge in [-0.1, -0.05) is 36.4 Å². The third-order valence-electron chi connectivity index (χ3n) is 5.90. The van der Waals surface area contributed by atoms with Crippen molar-refractivity contribution in [2.24, 2.45) is 11.7 Å². The Morgan fingerprint density at radius 3 is 2.37 bits per heavy atom. The van der Waals surface area contributed by atoms with Crippen LogP contribution >= 0.6 is 12.4 Å². The zero-order valence-electron chi connectivity index (χ0n) is 15.4. The molecule has 0 unspecified atom stereocenters. The van der Waals surface area contributed by atoms with Crippen LogP contribution in [0.1, 0.15) is 35.4 Å². The van der Waals surface area contributed by atoms with E-state index in [0.717, 1.165) is 19.3 Å². The van der Waals surface area contributed by atoms with Crippen LogP contribution in [0, 0.1) is 5.92 Å². The van der Waals surface area contributed by atoms with Gasteiger partial charge < -0.3 is 5.73 Å². The first kappa shape index (κ1) is 20.3. The van der Waals surface area contributed by atoms with Crippen LogP contribution in [-0.4, -0.2) is 32.4 Å². The lowest BCUT2D eigenvalue weighted by atomic mass is 9.89. The molecule has 0 bridgehead atoms. The summed E-state index contributed by atoms with van der Waals surface area (Å²) in [5.41, 5.74) is 9.65. The molecule has 0 spiro atoms. The molecule has 0 radical (unpaired) electrons. The standard InChI is InChI=1S/C21H26N2O2S.ClH/c22-13-19-14-23(15-21(19)17-7-2-1-3-8-17)26(24,25)20-11-10-16-6-4-5-9-18(16)12-20;/h1-3,7-8,10-12,19,21H,4-6,9,13-15,22H2;1H/t19-,21+;/m1./s1. The van der Waals surface area contributed by atoms with Crippen molar-refractivity contribution >= 4 is 22.4 Å². The Hall–Kier alpha value is -1.40. The SMILES string of the molecule is Cl.NC[C@@H]1CN(S(=O)(=O)c2ccc3c(c2)CCCC3)C[C@H]1c1ccccc1. The van der Waals surface area contributed by atoms with Crippen LogP contribution in [-0.2, 0) is 22.9 Å². The molecule has 2 atom stereocenters. The van der Waals surface area contributed by atoms with Crippen LogP contribution in [0.15, 0.2) is 53.4 Å². The molecule has 1 heterocycles. The minimum absolute atomic E-state index is 0. The van der Waals surface area contributed by atoms with Crippen molar-refractivity contribution in [3.8, 4) is 0 Å². The Labute approximate surface area is 168 Å². The second-order valence-electron chi connectivity index (χ2n) is 7.47. The third-order valence-corrected chi connectivity index (χ3v) is 7.72. The number of hydrogen-bond donors (Lipinski definition) is 1. The Balaban J connectivity index is 0.00000210. The van der Waals surface area contributed by atoms with Gasteiger partial charge in [-0.05, 0) is 67.0 Å². The van der Waals surface area contributed by atoms with Crippen LogP contribution in [0.25, 0.3) is 0 Å². The first-order valence-corrected chi connectivity index (χ1v) is 10.9. The average Bonchev–Trinajstić information content (AvgIpc) is 3.13. The molecule has 27 heavy (non-hydrogen) atoms. The Morgan fingerprint density at radius 1 is 0.963 bits per heavy atom. The van der Waals surface area contributed by atoms with Crippen molar-refractivity contribution in [2.45, 2.75) is 36.5 Å². The van der Waals surface area contributed by atoms with Gasteiger partial charge in [0.15, 0.2) is 0 Å². The molecule has 2 aromatic carbocycles. The molecule has 4 rings (SSSR count). The van der Waals surface area contributed by atoms with E-state index in [2.05, 4.69) is 12.1 Å². The summed E-state index contributed by atoms with van der Waals surface area (Å²) in [6.45, 7) is 1.50. The minimum Gasteiger partial charge on any atom is -0.330 e. The highest BCUT2D eigenvalue weighted by Gasteiger charge is 2.39. The van der Waals surface area contributed by atoms with Gasteiger partial charge in [0, 0.05) is 19.0 Å². The summed E-state index contributed by atoms with van der Waals surface area (Å²) in [7, 11) is -3.48. The van der Waals surface area contributed by atoms with Crippen LogP contribution in [0.2, 0.25) is 0 Å². The maximum absolute atomic E-state index is 13.2. The summed E-state index contributed by atoms with van der Waals surface area (Å²) >= 11 is 0. The lowest BCUT2D eigenvalue weighted by Crippen LogP contribution is -2.30. The number of benzene rings is 2. The number of nitrogens with zero attached hydrogens (tertiary/aromatic N) is 1. The monoisotopic (exact) mass is 406 g/mol. The minimum atomic E-state index is -3.48. The van der Waals surface area contributed by atoms with Crippen molar-refractivity contribution in [3.05, 3.63) is 65.2 Å². The highest BCUT2D eigenvalue weighted by Crippen LogP contribution is 2.35. The van der Waals surface area contributed by atoms with Crippen molar-refractivity contribution < 1.29 is 8.42 Å². The number of nitrogens with two attached hydrogens (primary N) is 1. The summed E-state index contributed by atoms with van der Waals surface area (Å²) in [6, 6.07) is 15.8. The number of fused-ring (bicyclic) bond motifs is 1. The van der Waals surface area contributed by atoms with E-state index < -0.39 is 10.0 Å². The Kier molecular flexibility index (Phi) is 6.26. The fourth-order valence-corrected chi connectivity index (χ4v) is 5.94. The molecule has 1 aliphatic heterocycles. The molecule has 0 aromatic heterocycles. The fourth-order valence-electron chi connectivity index (χ4n) is 4.36. The van der Waals surface area contributed by atoms with E-state index in [9.17, 15) is 8.42 Å². The molecular weight excluding hydrogens is 380 g/mol. The molecule has 4 nitrogen and oxygen atoms in total. The second kappa shape index (κ2) is 8.31. The molecule has 1 aliphatic carbocycles. The molecule has 0 amide bonds. The van der Waals surface area contributed by atoms with Gasteiger partial charge >= 0.3 is 0 Å². The second-order valence-corrected chi connectivity index (χ2v) is 9.41. The van der Waals surface area contributed by atoms with E-state index in [4.69, 9.17) is 5.73 Å². The van der Waals surface area contributed by atoms with Gasteiger partial charge in [0.25, 0.3) is 0 Å². The largest absolute Gasteiger partial charge is 0.330 e. The van der Waals surface area contributed by atoms with Crippen LogP contribution in [0.5, 0.6) is 0 Å². The maximum Gasteiger partial charge on any atom is 0.243 e.